The second kappa shape index (κ2) is 7.12. The van der Waals surface area contributed by atoms with Gasteiger partial charge in [-0.1, -0.05) is 41.4 Å². The minimum atomic E-state index is -0.274. The number of rotatable bonds is 4. The lowest BCUT2D eigenvalue weighted by Gasteiger charge is -2.22. The Morgan fingerprint density at radius 2 is 1.86 bits per heavy atom. The molecule has 0 heterocycles. The van der Waals surface area contributed by atoms with Gasteiger partial charge in [0.15, 0.2) is 0 Å². The van der Waals surface area contributed by atoms with Crippen molar-refractivity contribution in [2.45, 2.75) is 6.42 Å². The first-order chi connectivity index (χ1) is 10.1. The summed E-state index contributed by atoms with van der Waals surface area (Å²) in [6, 6.07) is 16.0. The van der Waals surface area contributed by atoms with E-state index in [4.69, 9.17) is 28.5 Å². The van der Waals surface area contributed by atoms with E-state index in [9.17, 15) is 4.79 Å². The van der Waals surface area contributed by atoms with Crippen LogP contribution in [0.4, 0.5) is 5.69 Å². The summed E-state index contributed by atoms with van der Waals surface area (Å²) in [5, 5.41) is 9.55. The number of benzene rings is 2. The van der Waals surface area contributed by atoms with Gasteiger partial charge in [-0.25, -0.2) is 0 Å². The second-order valence-electron chi connectivity index (χ2n) is 4.32. The first-order valence-electron chi connectivity index (χ1n) is 6.32. The van der Waals surface area contributed by atoms with Gasteiger partial charge in [-0.05, 0) is 30.3 Å². The summed E-state index contributed by atoms with van der Waals surface area (Å²) in [5.41, 5.74) is 1.04. The molecule has 0 N–H and O–H groups in total. The molecule has 106 valence electrons. The van der Waals surface area contributed by atoms with E-state index >= 15 is 0 Å². The third kappa shape index (κ3) is 3.75. The Labute approximate surface area is 133 Å². The lowest BCUT2D eigenvalue weighted by atomic mass is 10.1. The van der Waals surface area contributed by atoms with Gasteiger partial charge in [0.1, 0.15) is 0 Å². The van der Waals surface area contributed by atoms with E-state index in [2.05, 4.69) is 0 Å². The fraction of sp³-hybridized carbons (Fsp3) is 0.125. The molecule has 5 heteroatoms. The van der Waals surface area contributed by atoms with Gasteiger partial charge in [0, 0.05) is 17.3 Å². The Morgan fingerprint density at radius 1 is 1.14 bits per heavy atom. The van der Waals surface area contributed by atoms with Crippen LogP contribution in [-0.4, -0.2) is 12.5 Å². The van der Waals surface area contributed by atoms with Crippen LogP contribution in [0.3, 0.4) is 0 Å². The molecule has 0 radical (unpaired) electrons. The van der Waals surface area contributed by atoms with Crippen LogP contribution in [0.15, 0.2) is 48.5 Å². The first-order valence-corrected chi connectivity index (χ1v) is 7.08. The molecule has 2 aromatic rings. The summed E-state index contributed by atoms with van der Waals surface area (Å²) >= 11 is 12.0. The summed E-state index contributed by atoms with van der Waals surface area (Å²) in [5.74, 6) is -0.274. The number of hydrogen-bond donors (Lipinski definition) is 0. The number of anilines is 1. The van der Waals surface area contributed by atoms with Gasteiger partial charge < -0.3 is 4.90 Å². The van der Waals surface area contributed by atoms with Gasteiger partial charge in [0.2, 0.25) is 0 Å². The highest BCUT2D eigenvalue weighted by molar-refractivity contribution is 6.36. The van der Waals surface area contributed by atoms with Crippen molar-refractivity contribution >= 4 is 34.8 Å². The Kier molecular flexibility index (Phi) is 5.21. The molecule has 1 amide bonds. The minimum Gasteiger partial charge on any atom is -0.307 e. The Balaban J connectivity index is 2.39. The van der Waals surface area contributed by atoms with Crippen molar-refractivity contribution in [3.05, 3.63) is 64.1 Å². The van der Waals surface area contributed by atoms with E-state index < -0.39 is 0 Å². The third-order valence-corrected chi connectivity index (χ3v) is 3.48. The fourth-order valence-electron chi connectivity index (χ4n) is 1.92. The van der Waals surface area contributed by atoms with Crippen LogP contribution in [0.2, 0.25) is 10.0 Å². The molecule has 2 rings (SSSR count). The number of nitrogens with zero attached hydrogens (tertiary/aromatic N) is 2. The molecule has 0 aliphatic carbocycles. The number of halogens is 2. The average Bonchev–Trinajstić information content (AvgIpc) is 2.51. The van der Waals surface area contributed by atoms with Gasteiger partial charge in [-0.15, -0.1) is 0 Å². The van der Waals surface area contributed by atoms with Crippen molar-refractivity contribution < 1.29 is 4.79 Å². The maximum atomic E-state index is 12.7. The maximum Gasteiger partial charge on any atom is 0.259 e. The molecule has 0 spiro atoms. The molecule has 0 bridgehead atoms. The summed E-state index contributed by atoms with van der Waals surface area (Å²) in [6.07, 6.45) is 0.235. The van der Waals surface area contributed by atoms with Crippen LogP contribution < -0.4 is 4.90 Å². The van der Waals surface area contributed by atoms with Crippen LogP contribution >= 0.6 is 23.2 Å². The monoisotopic (exact) mass is 318 g/mol. The summed E-state index contributed by atoms with van der Waals surface area (Å²) in [4.78, 5) is 14.2. The number of carbonyl (C=O) groups excluding carboxylic acids is 1. The predicted molar refractivity (Wildman–Crippen MR) is 84.8 cm³/mol. The normalized spacial score (nSPS) is 9.95. The average molecular weight is 319 g/mol. The van der Waals surface area contributed by atoms with E-state index in [1.807, 2.05) is 36.4 Å². The molecular weight excluding hydrogens is 307 g/mol. The van der Waals surface area contributed by atoms with Crippen LogP contribution in [-0.2, 0) is 0 Å². The summed E-state index contributed by atoms with van der Waals surface area (Å²) in [6.45, 7) is 0.294. The molecule has 0 unspecified atom stereocenters. The van der Waals surface area contributed by atoms with Crippen molar-refractivity contribution in [2.75, 3.05) is 11.4 Å². The van der Waals surface area contributed by atoms with Gasteiger partial charge >= 0.3 is 0 Å². The molecule has 0 fully saturated rings. The number of para-hydroxylation sites is 1. The Hall–Kier alpha value is -2.02. The fourth-order valence-corrected chi connectivity index (χ4v) is 2.29. The van der Waals surface area contributed by atoms with Crippen molar-refractivity contribution in [3.8, 4) is 6.07 Å². The zero-order chi connectivity index (χ0) is 15.2. The summed E-state index contributed by atoms with van der Waals surface area (Å²) < 4.78 is 0. The minimum absolute atomic E-state index is 0.235. The van der Waals surface area contributed by atoms with Crippen LogP contribution in [0.5, 0.6) is 0 Å². The number of amides is 1. The number of nitriles is 1. The quantitative estimate of drug-likeness (QED) is 0.829. The molecule has 0 aliphatic rings. The highest BCUT2D eigenvalue weighted by Gasteiger charge is 2.20. The van der Waals surface area contributed by atoms with Gasteiger partial charge in [-0.3, -0.25) is 4.79 Å². The number of hydrogen-bond acceptors (Lipinski definition) is 2. The lowest BCUT2D eigenvalue weighted by Crippen LogP contribution is -2.32. The Bertz CT molecular complexity index is 680. The van der Waals surface area contributed by atoms with E-state index in [-0.39, 0.29) is 12.3 Å². The van der Waals surface area contributed by atoms with E-state index in [0.717, 1.165) is 0 Å². The van der Waals surface area contributed by atoms with E-state index in [1.54, 1.807) is 12.1 Å². The first kappa shape index (κ1) is 15.4. The van der Waals surface area contributed by atoms with Crippen LogP contribution in [0.1, 0.15) is 16.8 Å². The van der Waals surface area contributed by atoms with Crippen LogP contribution in [0, 0.1) is 11.3 Å². The molecular formula is C16H12Cl2N2O. The van der Waals surface area contributed by atoms with Gasteiger partial charge in [0.05, 0.1) is 23.1 Å². The highest BCUT2D eigenvalue weighted by atomic mass is 35.5. The van der Waals surface area contributed by atoms with E-state index in [1.165, 1.54) is 11.0 Å². The topological polar surface area (TPSA) is 44.1 Å². The van der Waals surface area contributed by atoms with E-state index in [0.29, 0.717) is 27.8 Å². The molecule has 2 aromatic carbocycles. The third-order valence-electron chi connectivity index (χ3n) is 2.92. The standard InChI is InChI=1S/C16H12Cl2N2O/c17-12-7-8-15(18)14(11-12)16(21)20(10-4-9-19)13-5-2-1-3-6-13/h1-3,5-8,11H,4,10H2. The van der Waals surface area contributed by atoms with Crippen LogP contribution in [0.25, 0.3) is 0 Å². The smallest absolute Gasteiger partial charge is 0.259 e. The molecule has 0 saturated heterocycles. The second-order valence-corrected chi connectivity index (χ2v) is 5.17. The zero-order valence-electron chi connectivity index (χ0n) is 11.1. The van der Waals surface area contributed by atoms with Crippen molar-refractivity contribution in [3.63, 3.8) is 0 Å². The Morgan fingerprint density at radius 3 is 2.52 bits per heavy atom. The van der Waals surface area contributed by atoms with Crippen molar-refractivity contribution in [2.24, 2.45) is 0 Å². The predicted octanol–water partition coefficient (Wildman–Crippen LogP) is 4.55. The molecule has 0 saturated carbocycles. The molecule has 0 aromatic heterocycles. The molecule has 3 nitrogen and oxygen atoms in total. The lowest BCUT2D eigenvalue weighted by molar-refractivity contribution is 0.0987. The largest absolute Gasteiger partial charge is 0.307 e. The van der Waals surface area contributed by atoms with Crippen molar-refractivity contribution in [1.29, 1.82) is 5.26 Å². The zero-order valence-corrected chi connectivity index (χ0v) is 12.6. The van der Waals surface area contributed by atoms with Gasteiger partial charge in [-0.2, -0.15) is 5.26 Å². The molecule has 21 heavy (non-hydrogen) atoms. The SMILES string of the molecule is N#CCCN(C(=O)c1cc(Cl)ccc1Cl)c1ccccc1. The van der Waals surface area contributed by atoms with Crippen molar-refractivity contribution in [1.82, 2.24) is 0 Å². The molecule has 0 atom stereocenters. The maximum absolute atomic E-state index is 12.7. The molecule has 0 aliphatic heterocycles. The van der Waals surface area contributed by atoms with Gasteiger partial charge in [0.25, 0.3) is 5.91 Å². The highest BCUT2D eigenvalue weighted by Crippen LogP contribution is 2.24. The summed E-state index contributed by atoms with van der Waals surface area (Å²) in [7, 11) is 0. The number of carbonyl (C=O) groups is 1.